The SMILES string of the molecule is COC(=O)/C=C/CCC(CCBr)C(C)(C)C=O. The van der Waals surface area contributed by atoms with Crippen LogP contribution < -0.4 is 0 Å². The van der Waals surface area contributed by atoms with E-state index in [1.54, 1.807) is 6.08 Å². The van der Waals surface area contributed by atoms with Gasteiger partial charge in [-0.3, -0.25) is 0 Å². The summed E-state index contributed by atoms with van der Waals surface area (Å²) in [5.74, 6) is -0.0154. The molecular weight excluding hydrogens is 284 g/mol. The summed E-state index contributed by atoms with van der Waals surface area (Å²) < 4.78 is 4.50. The van der Waals surface area contributed by atoms with Gasteiger partial charge in [-0.2, -0.15) is 0 Å². The molecule has 3 nitrogen and oxygen atoms in total. The number of hydrogen-bond donors (Lipinski definition) is 0. The Morgan fingerprint density at radius 1 is 1.41 bits per heavy atom. The van der Waals surface area contributed by atoms with Crippen LogP contribution in [0.15, 0.2) is 12.2 Å². The topological polar surface area (TPSA) is 43.4 Å². The normalized spacial score (nSPS) is 13.6. The van der Waals surface area contributed by atoms with Gasteiger partial charge in [0.05, 0.1) is 7.11 Å². The van der Waals surface area contributed by atoms with Crippen molar-refractivity contribution < 1.29 is 14.3 Å². The third-order valence-corrected chi connectivity index (χ3v) is 3.41. The maximum absolute atomic E-state index is 11.0. The Morgan fingerprint density at radius 2 is 2.06 bits per heavy atom. The van der Waals surface area contributed by atoms with Crippen LogP contribution in [0.4, 0.5) is 0 Å². The number of methoxy groups -OCH3 is 1. The van der Waals surface area contributed by atoms with Crippen LogP contribution in [0.3, 0.4) is 0 Å². The highest BCUT2D eigenvalue weighted by Gasteiger charge is 2.27. The van der Waals surface area contributed by atoms with Crippen molar-refractivity contribution in [2.75, 3.05) is 12.4 Å². The summed E-state index contributed by atoms with van der Waals surface area (Å²) in [6, 6.07) is 0. The second-order valence-corrected chi connectivity index (χ2v) is 5.41. The van der Waals surface area contributed by atoms with Gasteiger partial charge in [0.25, 0.3) is 0 Å². The Bertz CT molecular complexity index is 272. The maximum Gasteiger partial charge on any atom is 0.330 e. The number of ether oxygens (including phenoxy) is 1. The van der Waals surface area contributed by atoms with Crippen molar-refractivity contribution in [1.82, 2.24) is 0 Å². The third kappa shape index (κ3) is 6.61. The number of halogens is 1. The molecule has 1 atom stereocenters. The lowest BCUT2D eigenvalue weighted by atomic mass is 9.76. The largest absolute Gasteiger partial charge is 0.466 e. The number of esters is 1. The molecule has 0 fully saturated rings. The number of carbonyl (C=O) groups excluding carboxylic acids is 2. The second kappa shape index (κ2) is 8.45. The third-order valence-electron chi connectivity index (χ3n) is 2.95. The van der Waals surface area contributed by atoms with Crippen LogP contribution in [0.5, 0.6) is 0 Å². The summed E-state index contributed by atoms with van der Waals surface area (Å²) >= 11 is 3.41. The first kappa shape index (κ1) is 16.4. The molecule has 0 spiro atoms. The molecule has 0 saturated carbocycles. The number of hydrogen-bond acceptors (Lipinski definition) is 3. The highest BCUT2D eigenvalue weighted by molar-refractivity contribution is 9.09. The lowest BCUT2D eigenvalue weighted by Gasteiger charge is -2.28. The first-order chi connectivity index (χ1) is 7.97. The minimum absolute atomic E-state index is 0.313. The fraction of sp³-hybridized carbons (Fsp3) is 0.692. The standard InChI is InChI=1S/C13H21BrO3/c1-13(2,10-15)11(8-9-14)6-4-5-7-12(16)17-3/h5,7,10-11H,4,6,8-9H2,1-3H3/b7-5+. The van der Waals surface area contributed by atoms with Gasteiger partial charge < -0.3 is 9.53 Å². The zero-order chi connectivity index (χ0) is 13.3. The quantitative estimate of drug-likeness (QED) is 0.299. The predicted molar refractivity (Wildman–Crippen MR) is 72.1 cm³/mol. The van der Waals surface area contributed by atoms with Gasteiger partial charge >= 0.3 is 5.97 Å². The van der Waals surface area contributed by atoms with Gasteiger partial charge in [-0.15, -0.1) is 0 Å². The molecule has 0 bridgehead atoms. The average molecular weight is 305 g/mol. The number of carbonyl (C=O) groups is 2. The number of rotatable bonds is 8. The molecule has 17 heavy (non-hydrogen) atoms. The van der Waals surface area contributed by atoms with E-state index in [2.05, 4.69) is 20.7 Å². The van der Waals surface area contributed by atoms with Crippen molar-refractivity contribution in [2.24, 2.45) is 11.3 Å². The van der Waals surface area contributed by atoms with E-state index in [4.69, 9.17) is 0 Å². The summed E-state index contributed by atoms with van der Waals surface area (Å²) in [6.07, 6.45) is 6.88. The van der Waals surface area contributed by atoms with Gasteiger partial charge in [0.1, 0.15) is 6.29 Å². The van der Waals surface area contributed by atoms with Crippen LogP contribution in [-0.2, 0) is 14.3 Å². The number of alkyl halides is 1. The van der Waals surface area contributed by atoms with Gasteiger partial charge in [-0.1, -0.05) is 35.9 Å². The molecule has 4 heteroatoms. The smallest absolute Gasteiger partial charge is 0.330 e. The van der Waals surface area contributed by atoms with Crippen molar-refractivity contribution in [3.63, 3.8) is 0 Å². The van der Waals surface area contributed by atoms with Gasteiger partial charge in [0.2, 0.25) is 0 Å². The van der Waals surface area contributed by atoms with Gasteiger partial charge in [0.15, 0.2) is 0 Å². The van der Waals surface area contributed by atoms with E-state index in [1.165, 1.54) is 13.2 Å². The molecule has 0 rings (SSSR count). The molecule has 0 aromatic heterocycles. The summed E-state index contributed by atoms with van der Waals surface area (Å²) in [4.78, 5) is 21.9. The average Bonchev–Trinajstić information content (AvgIpc) is 2.32. The fourth-order valence-corrected chi connectivity index (χ4v) is 2.21. The van der Waals surface area contributed by atoms with E-state index in [1.807, 2.05) is 13.8 Å². The highest BCUT2D eigenvalue weighted by atomic mass is 79.9. The van der Waals surface area contributed by atoms with E-state index < -0.39 is 0 Å². The van der Waals surface area contributed by atoms with E-state index >= 15 is 0 Å². The molecule has 0 aromatic carbocycles. The first-order valence-corrected chi connectivity index (χ1v) is 6.87. The summed E-state index contributed by atoms with van der Waals surface area (Å²) in [5, 5.41) is 0.885. The van der Waals surface area contributed by atoms with E-state index in [-0.39, 0.29) is 11.4 Å². The summed E-state index contributed by atoms with van der Waals surface area (Å²) in [7, 11) is 1.36. The summed E-state index contributed by atoms with van der Waals surface area (Å²) in [5.41, 5.74) is -0.313. The molecule has 0 heterocycles. The van der Waals surface area contributed by atoms with E-state index in [0.29, 0.717) is 5.92 Å². The second-order valence-electron chi connectivity index (χ2n) is 4.62. The molecule has 0 aliphatic heterocycles. The lowest BCUT2D eigenvalue weighted by molar-refractivity contribution is -0.134. The van der Waals surface area contributed by atoms with Crippen LogP contribution in [0, 0.1) is 11.3 Å². The Hall–Kier alpha value is -0.640. The minimum Gasteiger partial charge on any atom is -0.466 e. The van der Waals surface area contributed by atoms with Crippen LogP contribution in [0.2, 0.25) is 0 Å². The van der Waals surface area contributed by atoms with E-state index in [9.17, 15) is 9.59 Å². The molecule has 0 aromatic rings. The van der Waals surface area contributed by atoms with Crippen molar-refractivity contribution >= 4 is 28.2 Å². The number of allylic oxidation sites excluding steroid dienone is 1. The van der Waals surface area contributed by atoms with Gasteiger partial charge in [-0.25, -0.2) is 4.79 Å². The fourth-order valence-electron chi connectivity index (χ4n) is 1.66. The van der Waals surface area contributed by atoms with E-state index in [0.717, 1.165) is 30.9 Å². The molecular formula is C13H21BrO3. The van der Waals surface area contributed by atoms with Crippen LogP contribution in [0.25, 0.3) is 0 Å². The monoisotopic (exact) mass is 304 g/mol. The van der Waals surface area contributed by atoms with Crippen LogP contribution in [-0.4, -0.2) is 24.7 Å². The predicted octanol–water partition coefficient (Wildman–Crippen LogP) is 3.12. The molecule has 98 valence electrons. The van der Waals surface area contributed by atoms with Crippen molar-refractivity contribution in [3.8, 4) is 0 Å². The zero-order valence-corrected chi connectivity index (χ0v) is 12.3. The van der Waals surface area contributed by atoms with Crippen LogP contribution in [0.1, 0.15) is 33.1 Å². The zero-order valence-electron chi connectivity index (χ0n) is 10.7. The van der Waals surface area contributed by atoms with Crippen molar-refractivity contribution in [2.45, 2.75) is 33.1 Å². The maximum atomic E-state index is 11.0. The highest BCUT2D eigenvalue weighted by Crippen LogP contribution is 2.31. The molecule has 0 aliphatic rings. The van der Waals surface area contributed by atoms with Crippen molar-refractivity contribution in [1.29, 1.82) is 0 Å². The molecule has 0 amide bonds. The first-order valence-electron chi connectivity index (χ1n) is 5.74. The van der Waals surface area contributed by atoms with Gasteiger partial charge in [-0.05, 0) is 25.2 Å². The number of aldehydes is 1. The Labute approximate surface area is 112 Å². The Kier molecular flexibility index (Phi) is 8.13. The molecule has 0 radical (unpaired) electrons. The Balaban J connectivity index is 4.23. The van der Waals surface area contributed by atoms with Crippen molar-refractivity contribution in [3.05, 3.63) is 12.2 Å². The lowest BCUT2D eigenvalue weighted by Crippen LogP contribution is -2.26. The molecule has 0 N–H and O–H groups in total. The summed E-state index contributed by atoms with van der Waals surface area (Å²) in [6.45, 7) is 3.91. The molecule has 0 saturated heterocycles. The Morgan fingerprint density at radius 3 is 2.53 bits per heavy atom. The van der Waals surface area contributed by atoms with Crippen LogP contribution >= 0.6 is 15.9 Å². The molecule has 0 aliphatic carbocycles. The molecule has 1 unspecified atom stereocenters. The minimum atomic E-state index is -0.336. The van der Waals surface area contributed by atoms with Gasteiger partial charge in [0, 0.05) is 16.8 Å².